The lowest BCUT2D eigenvalue weighted by atomic mass is 9.95. The van der Waals surface area contributed by atoms with E-state index in [0.717, 1.165) is 39.8 Å². The summed E-state index contributed by atoms with van der Waals surface area (Å²) in [4.78, 5) is 4.13. The predicted octanol–water partition coefficient (Wildman–Crippen LogP) is 9.27. The second-order valence-electron chi connectivity index (χ2n) is 8.39. The summed E-state index contributed by atoms with van der Waals surface area (Å²) >= 11 is 0. The van der Waals surface area contributed by atoms with Crippen LogP contribution in [0.2, 0.25) is 0 Å². The van der Waals surface area contributed by atoms with Gasteiger partial charge in [-0.3, -0.25) is 4.98 Å². The third-order valence-corrected chi connectivity index (χ3v) is 5.97. The Morgan fingerprint density at radius 3 is 1.39 bits per heavy atom. The van der Waals surface area contributed by atoms with Crippen molar-refractivity contribution in [1.29, 1.82) is 0 Å². The Morgan fingerprint density at radius 1 is 0.444 bits per heavy atom. The van der Waals surface area contributed by atoms with Gasteiger partial charge < -0.3 is 0 Å². The summed E-state index contributed by atoms with van der Waals surface area (Å²) in [7, 11) is 0. The average Bonchev–Trinajstić information content (AvgIpc) is 2.87. The molecule has 0 saturated heterocycles. The van der Waals surface area contributed by atoms with Crippen molar-refractivity contribution in [1.82, 2.24) is 4.98 Å². The Balaban J connectivity index is 1.50. The van der Waals surface area contributed by atoms with E-state index in [0.29, 0.717) is 5.39 Å². The van der Waals surface area contributed by atoms with E-state index in [-0.39, 0.29) is 17.2 Å². The zero-order chi connectivity index (χ0) is 25.5. The van der Waals surface area contributed by atoms with Crippen molar-refractivity contribution in [3.05, 3.63) is 115 Å². The SMILES string of the molecule is FC(F)(F)c1cc(-c2ccc3cc(-c4ccc(-c5cccnc5)cc4)ccc3c2)cc(C(F)(F)F)c1. The van der Waals surface area contributed by atoms with Crippen LogP contribution in [0.1, 0.15) is 11.1 Å². The van der Waals surface area contributed by atoms with E-state index in [1.807, 2.05) is 54.6 Å². The molecular weight excluding hydrogens is 476 g/mol. The minimum absolute atomic E-state index is 0.135. The molecule has 0 aliphatic carbocycles. The van der Waals surface area contributed by atoms with Crippen LogP contribution in [-0.2, 0) is 12.4 Å². The van der Waals surface area contributed by atoms with Crippen LogP contribution in [0.4, 0.5) is 26.3 Å². The number of alkyl halides is 6. The second-order valence-corrected chi connectivity index (χ2v) is 8.39. The highest BCUT2D eigenvalue weighted by Gasteiger charge is 2.37. The lowest BCUT2D eigenvalue weighted by molar-refractivity contribution is -0.143. The minimum Gasteiger partial charge on any atom is -0.264 e. The molecule has 1 aromatic heterocycles. The zero-order valence-corrected chi connectivity index (χ0v) is 18.5. The number of fused-ring (bicyclic) bond motifs is 1. The molecule has 0 amide bonds. The fourth-order valence-electron chi connectivity index (χ4n) is 4.12. The molecule has 0 aliphatic rings. The predicted molar refractivity (Wildman–Crippen MR) is 128 cm³/mol. The summed E-state index contributed by atoms with van der Waals surface area (Å²) in [6.45, 7) is 0. The topological polar surface area (TPSA) is 12.9 Å². The van der Waals surface area contributed by atoms with Gasteiger partial charge in [-0.05, 0) is 80.6 Å². The van der Waals surface area contributed by atoms with Crippen LogP contribution in [0.25, 0.3) is 44.2 Å². The van der Waals surface area contributed by atoms with Gasteiger partial charge in [0.1, 0.15) is 0 Å². The van der Waals surface area contributed by atoms with Crippen molar-refractivity contribution in [3.8, 4) is 33.4 Å². The van der Waals surface area contributed by atoms with Crippen LogP contribution in [-0.4, -0.2) is 4.98 Å². The number of halogens is 6. The molecule has 0 atom stereocenters. The van der Waals surface area contributed by atoms with Gasteiger partial charge in [0.05, 0.1) is 11.1 Å². The maximum absolute atomic E-state index is 13.3. The molecule has 5 rings (SSSR count). The van der Waals surface area contributed by atoms with Crippen molar-refractivity contribution in [2.24, 2.45) is 0 Å². The maximum atomic E-state index is 13.3. The second kappa shape index (κ2) is 8.82. The van der Waals surface area contributed by atoms with E-state index in [1.165, 1.54) is 6.07 Å². The van der Waals surface area contributed by atoms with E-state index < -0.39 is 23.5 Å². The Hall–Kier alpha value is -4.13. The molecule has 0 radical (unpaired) electrons. The van der Waals surface area contributed by atoms with Crippen molar-refractivity contribution in [3.63, 3.8) is 0 Å². The van der Waals surface area contributed by atoms with Crippen molar-refractivity contribution in [2.75, 3.05) is 0 Å². The van der Waals surface area contributed by atoms with Gasteiger partial charge in [0.25, 0.3) is 0 Å². The summed E-state index contributed by atoms with van der Waals surface area (Å²) in [6.07, 6.45) is -6.30. The fourth-order valence-corrected chi connectivity index (χ4v) is 4.12. The third-order valence-electron chi connectivity index (χ3n) is 5.97. The normalized spacial score (nSPS) is 12.2. The Bertz CT molecular complexity index is 1500. The van der Waals surface area contributed by atoms with Crippen LogP contribution in [0.3, 0.4) is 0 Å². The van der Waals surface area contributed by atoms with E-state index in [4.69, 9.17) is 0 Å². The molecule has 4 aromatic carbocycles. The molecule has 0 fully saturated rings. The molecule has 7 heteroatoms. The Labute approximate surface area is 202 Å². The number of hydrogen-bond acceptors (Lipinski definition) is 1. The first-order valence-corrected chi connectivity index (χ1v) is 10.9. The van der Waals surface area contributed by atoms with Crippen molar-refractivity contribution < 1.29 is 26.3 Å². The average molecular weight is 493 g/mol. The van der Waals surface area contributed by atoms with Crippen LogP contribution < -0.4 is 0 Å². The Morgan fingerprint density at radius 2 is 0.917 bits per heavy atom. The van der Waals surface area contributed by atoms with E-state index >= 15 is 0 Å². The van der Waals surface area contributed by atoms with Crippen LogP contribution in [0.15, 0.2) is 103 Å². The lowest BCUT2D eigenvalue weighted by Crippen LogP contribution is -2.11. The molecule has 0 spiro atoms. The monoisotopic (exact) mass is 493 g/mol. The van der Waals surface area contributed by atoms with Gasteiger partial charge in [-0.25, -0.2) is 0 Å². The number of nitrogens with zero attached hydrogens (tertiary/aromatic N) is 1. The van der Waals surface area contributed by atoms with Crippen LogP contribution in [0, 0.1) is 0 Å². The van der Waals surface area contributed by atoms with Gasteiger partial charge in [-0.1, -0.05) is 54.6 Å². The molecule has 0 saturated carbocycles. The van der Waals surface area contributed by atoms with Gasteiger partial charge in [-0.2, -0.15) is 26.3 Å². The van der Waals surface area contributed by atoms with E-state index in [1.54, 1.807) is 24.5 Å². The van der Waals surface area contributed by atoms with Crippen molar-refractivity contribution in [2.45, 2.75) is 12.4 Å². The highest BCUT2D eigenvalue weighted by Crippen LogP contribution is 2.39. The standard InChI is InChI=1S/C29H17F6N/c30-28(31,32)26-14-25(15-27(16-26)29(33,34)35)23-10-9-21-12-20(7-8-22(21)13-23)18-3-5-19(6-4-18)24-2-1-11-36-17-24/h1-17H. The number of aromatic nitrogens is 1. The highest BCUT2D eigenvalue weighted by atomic mass is 19.4. The molecule has 0 aliphatic heterocycles. The number of benzene rings is 4. The molecule has 5 aromatic rings. The molecule has 1 heterocycles. The lowest BCUT2D eigenvalue weighted by Gasteiger charge is -2.15. The van der Waals surface area contributed by atoms with Gasteiger partial charge in [0.2, 0.25) is 0 Å². The molecule has 0 unspecified atom stereocenters. The van der Waals surface area contributed by atoms with Gasteiger partial charge in [0.15, 0.2) is 0 Å². The first-order valence-electron chi connectivity index (χ1n) is 10.9. The van der Waals surface area contributed by atoms with Gasteiger partial charge in [0, 0.05) is 12.4 Å². The molecule has 180 valence electrons. The maximum Gasteiger partial charge on any atom is 0.416 e. The minimum atomic E-state index is -4.89. The first kappa shape index (κ1) is 23.6. The number of hydrogen-bond donors (Lipinski definition) is 0. The molecule has 0 bridgehead atoms. The summed E-state index contributed by atoms with van der Waals surface area (Å²) in [5, 5.41) is 1.52. The largest absolute Gasteiger partial charge is 0.416 e. The van der Waals surface area contributed by atoms with Crippen molar-refractivity contribution >= 4 is 10.8 Å². The first-order chi connectivity index (χ1) is 17.1. The van der Waals surface area contributed by atoms with E-state index in [9.17, 15) is 26.3 Å². The zero-order valence-electron chi connectivity index (χ0n) is 18.5. The third kappa shape index (κ3) is 4.82. The van der Waals surface area contributed by atoms with Crippen LogP contribution >= 0.6 is 0 Å². The summed E-state index contributed by atoms with van der Waals surface area (Å²) in [5.41, 5.74) is 1.39. The fraction of sp³-hybridized carbons (Fsp3) is 0.0690. The number of rotatable bonds is 3. The molecule has 1 nitrogen and oxygen atoms in total. The molecular formula is C29H17F6N. The van der Waals surface area contributed by atoms with E-state index in [2.05, 4.69) is 4.98 Å². The highest BCUT2D eigenvalue weighted by molar-refractivity contribution is 5.91. The molecule has 36 heavy (non-hydrogen) atoms. The van der Waals surface area contributed by atoms with Crippen LogP contribution in [0.5, 0.6) is 0 Å². The summed E-state index contributed by atoms with van der Waals surface area (Å²) in [6, 6.07) is 23.9. The summed E-state index contributed by atoms with van der Waals surface area (Å²) < 4.78 is 79.6. The number of pyridine rings is 1. The Kier molecular flexibility index (Phi) is 5.79. The summed E-state index contributed by atoms with van der Waals surface area (Å²) in [5.74, 6) is 0. The molecule has 0 N–H and O–H groups in total. The van der Waals surface area contributed by atoms with Gasteiger partial charge >= 0.3 is 12.4 Å². The smallest absolute Gasteiger partial charge is 0.264 e. The quantitative estimate of drug-likeness (QED) is 0.228. The van der Waals surface area contributed by atoms with Gasteiger partial charge in [-0.15, -0.1) is 0 Å².